The summed E-state index contributed by atoms with van der Waals surface area (Å²) in [4.78, 5) is 0. The second kappa shape index (κ2) is 7.06. The molecule has 2 N–H and O–H groups in total. The van der Waals surface area contributed by atoms with Gasteiger partial charge in [0.25, 0.3) is 0 Å². The van der Waals surface area contributed by atoms with Gasteiger partial charge < -0.3 is 10.4 Å². The maximum absolute atomic E-state index is 9.46. The molecule has 0 amide bonds. The van der Waals surface area contributed by atoms with E-state index in [1.807, 2.05) is 48.5 Å². The van der Waals surface area contributed by atoms with Crippen LogP contribution in [0.3, 0.4) is 0 Å². The molecule has 100 valence electrons. The fraction of sp³-hybridized carbons (Fsp3) is 0.200. The Balaban J connectivity index is 2.02. The third-order valence-corrected chi connectivity index (χ3v) is 4.15. The first kappa shape index (κ1) is 14.5. The van der Waals surface area contributed by atoms with E-state index in [9.17, 15) is 5.11 Å². The van der Waals surface area contributed by atoms with Crippen LogP contribution in [-0.4, -0.2) is 11.7 Å². The highest BCUT2D eigenvalue weighted by molar-refractivity contribution is 9.10. The van der Waals surface area contributed by atoms with E-state index in [2.05, 4.69) is 21.2 Å². The zero-order valence-corrected chi connectivity index (χ0v) is 12.7. The van der Waals surface area contributed by atoms with Crippen molar-refractivity contribution in [3.8, 4) is 0 Å². The number of hydrogen-bond donors (Lipinski definition) is 2. The van der Waals surface area contributed by atoms with Crippen molar-refractivity contribution in [2.45, 2.75) is 12.6 Å². The van der Waals surface area contributed by atoms with E-state index >= 15 is 0 Å². The first-order valence-electron chi connectivity index (χ1n) is 6.04. The van der Waals surface area contributed by atoms with Crippen molar-refractivity contribution in [2.75, 3.05) is 6.61 Å². The third kappa shape index (κ3) is 4.05. The van der Waals surface area contributed by atoms with Gasteiger partial charge in [0.15, 0.2) is 0 Å². The normalized spacial score (nSPS) is 12.4. The molecule has 1 unspecified atom stereocenters. The zero-order chi connectivity index (χ0) is 13.7. The number of aliphatic hydroxyl groups excluding tert-OH is 1. The number of hydrogen-bond acceptors (Lipinski definition) is 2. The average molecular weight is 341 g/mol. The standard InChI is InChI=1S/C15H15BrClNO/c16-13-7-6-11(8-14(13)17)9-18-15(10-19)12-4-2-1-3-5-12/h1-8,15,18-19H,9-10H2. The summed E-state index contributed by atoms with van der Waals surface area (Å²) < 4.78 is 0.889. The average Bonchev–Trinajstić information content (AvgIpc) is 2.44. The van der Waals surface area contributed by atoms with Crippen LogP contribution in [0.2, 0.25) is 5.02 Å². The van der Waals surface area contributed by atoms with Crippen molar-refractivity contribution < 1.29 is 5.11 Å². The van der Waals surface area contributed by atoms with E-state index in [-0.39, 0.29) is 12.6 Å². The van der Waals surface area contributed by atoms with Gasteiger partial charge in [-0.15, -0.1) is 0 Å². The minimum atomic E-state index is -0.0661. The van der Waals surface area contributed by atoms with E-state index in [4.69, 9.17) is 11.6 Å². The maximum Gasteiger partial charge on any atom is 0.0626 e. The minimum absolute atomic E-state index is 0.0638. The van der Waals surface area contributed by atoms with Crippen LogP contribution in [-0.2, 0) is 6.54 Å². The molecule has 0 saturated carbocycles. The molecule has 4 heteroatoms. The summed E-state index contributed by atoms with van der Waals surface area (Å²) in [6.45, 7) is 0.724. The van der Waals surface area contributed by atoms with Gasteiger partial charge >= 0.3 is 0 Å². The van der Waals surface area contributed by atoms with E-state index < -0.39 is 0 Å². The summed E-state index contributed by atoms with van der Waals surface area (Å²) >= 11 is 9.42. The van der Waals surface area contributed by atoms with Gasteiger partial charge in [0, 0.05) is 11.0 Å². The van der Waals surface area contributed by atoms with Gasteiger partial charge in [-0.1, -0.05) is 48.0 Å². The van der Waals surface area contributed by atoms with Gasteiger partial charge in [0.2, 0.25) is 0 Å². The molecule has 0 aromatic heterocycles. The first-order chi connectivity index (χ1) is 9.20. The van der Waals surface area contributed by atoms with Crippen LogP contribution in [0.5, 0.6) is 0 Å². The first-order valence-corrected chi connectivity index (χ1v) is 7.21. The highest BCUT2D eigenvalue weighted by Crippen LogP contribution is 2.23. The number of rotatable bonds is 5. The molecule has 0 aliphatic carbocycles. The highest BCUT2D eigenvalue weighted by atomic mass is 79.9. The minimum Gasteiger partial charge on any atom is -0.394 e. The summed E-state index contributed by atoms with van der Waals surface area (Å²) in [6.07, 6.45) is 0. The number of aliphatic hydroxyl groups is 1. The van der Waals surface area contributed by atoms with E-state index in [0.29, 0.717) is 11.6 Å². The van der Waals surface area contributed by atoms with Crippen LogP contribution in [0.25, 0.3) is 0 Å². The summed E-state index contributed by atoms with van der Waals surface area (Å²) in [5.74, 6) is 0. The summed E-state index contributed by atoms with van der Waals surface area (Å²) in [5, 5.41) is 13.5. The SMILES string of the molecule is OCC(NCc1ccc(Br)c(Cl)c1)c1ccccc1. The molecule has 0 aliphatic heterocycles. The molecule has 0 fully saturated rings. The molecule has 0 heterocycles. The summed E-state index contributed by atoms with van der Waals surface area (Å²) in [7, 11) is 0. The van der Waals surface area contributed by atoms with Gasteiger partial charge in [0.05, 0.1) is 17.7 Å². The van der Waals surface area contributed by atoms with Crippen LogP contribution < -0.4 is 5.32 Å². The maximum atomic E-state index is 9.46. The second-order valence-electron chi connectivity index (χ2n) is 4.28. The third-order valence-electron chi connectivity index (χ3n) is 2.92. The Morgan fingerprint density at radius 2 is 1.89 bits per heavy atom. The Morgan fingerprint density at radius 3 is 2.53 bits per heavy atom. The lowest BCUT2D eigenvalue weighted by Crippen LogP contribution is -2.23. The second-order valence-corrected chi connectivity index (χ2v) is 5.54. The van der Waals surface area contributed by atoms with Gasteiger partial charge in [-0.2, -0.15) is 0 Å². The molecule has 2 aromatic rings. The lowest BCUT2D eigenvalue weighted by molar-refractivity contribution is 0.243. The molecule has 1 atom stereocenters. The van der Waals surface area contributed by atoms with Crippen LogP contribution in [0.1, 0.15) is 17.2 Å². The van der Waals surface area contributed by atoms with Crippen molar-refractivity contribution in [1.29, 1.82) is 0 Å². The molecule has 2 nitrogen and oxygen atoms in total. The van der Waals surface area contributed by atoms with Gasteiger partial charge in [-0.3, -0.25) is 0 Å². The van der Waals surface area contributed by atoms with Gasteiger partial charge in [-0.25, -0.2) is 0 Å². The Labute approximate surface area is 126 Å². The van der Waals surface area contributed by atoms with Gasteiger partial charge in [-0.05, 0) is 39.2 Å². The molecule has 0 bridgehead atoms. The quantitative estimate of drug-likeness (QED) is 0.864. The van der Waals surface area contributed by atoms with E-state index in [0.717, 1.165) is 15.6 Å². The Kier molecular flexibility index (Phi) is 5.40. The fourth-order valence-corrected chi connectivity index (χ4v) is 2.31. The van der Waals surface area contributed by atoms with Crippen molar-refractivity contribution >= 4 is 27.5 Å². The Bertz CT molecular complexity index is 533. The molecule has 0 aliphatic rings. The molecule has 0 saturated heterocycles. The fourth-order valence-electron chi connectivity index (χ4n) is 1.86. The zero-order valence-electron chi connectivity index (χ0n) is 10.3. The molecule has 0 radical (unpaired) electrons. The Morgan fingerprint density at radius 1 is 1.16 bits per heavy atom. The molecule has 2 aromatic carbocycles. The van der Waals surface area contributed by atoms with E-state index in [1.54, 1.807) is 0 Å². The van der Waals surface area contributed by atoms with Crippen molar-refractivity contribution in [3.05, 3.63) is 69.2 Å². The highest BCUT2D eigenvalue weighted by Gasteiger charge is 2.09. The van der Waals surface area contributed by atoms with Crippen LogP contribution >= 0.6 is 27.5 Å². The van der Waals surface area contributed by atoms with Crippen molar-refractivity contribution in [2.24, 2.45) is 0 Å². The van der Waals surface area contributed by atoms with Crippen molar-refractivity contribution in [1.82, 2.24) is 5.32 Å². The molecular weight excluding hydrogens is 326 g/mol. The molecule has 0 spiro atoms. The lowest BCUT2D eigenvalue weighted by atomic mass is 10.1. The largest absolute Gasteiger partial charge is 0.394 e. The van der Waals surface area contributed by atoms with Crippen LogP contribution in [0, 0.1) is 0 Å². The predicted octanol–water partition coefficient (Wildman–Crippen LogP) is 3.93. The number of benzene rings is 2. The predicted molar refractivity (Wildman–Crippen MR) is 82.3 cm³/mol. The van der Waals surface area contributed by atoms with E-state index in [1.165, 1.54) is 0 Å². The number of halogens is 2. The smallest absolute Gasteiger partial charge is 0.0626 e. The Hall–Kier alpha value is -0.870. The summed E-state index contributed by atoms with van der Waals surface area (Å²) in [6, 6.07) is 15.7. The summed E-state index contributed by atoms with van der Waals surface area (Å²) in [5.41, 5.74) is 2.16. The topological polar surface area (TPSA) is 32.3 Å². The van der Waals surface area contributed by atoms with Crippen LogP contribution in [0.4, 0.5) is 0 Å². The lowest BCUT2D eigenvalue weighted by Gasteiger charge is -2.17. The molecule has 19 heavy (non-hydrogen) atoms. The molecular formula is C15H15BrClNO. The van der Waals surface area contributed by atoms with Gasteiger partial charge in [0.1, 0.15) is 0 Å². The monoisotopic (exact) mass is 339 g/mol. The molecule has 2 rings (SSSR count). The van der Waals surface area contributed by atoms with Crippen LogP contribution in [0.15, 0.2) is 53.0 Å². The number of nitrogens with one attached hydrogen (secondary N) is 1. The van der Waals surface area contributed by atoms with Crippen molar-refractivity contribution in [3.63, 3.8) is 0 Å².